The lowest BCUT2D eigenvalue weighted by Crippen LogP contribution is -2.53. The summed E-state index contributed by atoms with van der Waals surface area (Å²) in [5.74, 6) is 3.74. The van der Waals surface area contributed by atoms with Gasteiger partial charge in [0, 0.05) is 25.3 Å². The van der Waals surface area contributed by atoms with Gasteiger partial charge in [0.05, 0.1) is 24.0 Å². The molecule has 0 bridgehead atoms. The molecular formula is C29H45NO4S. The first-order valence-electron chi connectivity index (χ1n) is 14.3. The summed E-state index contributed by atoms with van der Waals surface area (Å²) < 4.78 is 34.3. The topological polar surface area (TPSA) is 63.7 Å². The Morgan fingerprint density at radius 3 is 2.60 bits per heavy atom. The standard InChI is InChI=1S/C29H45NO4S/c1-17-12-26-27(30(16-17)35(5,32)33)19(3)29(34-26)11-9-22-23-7-6-20-13-21(31)8-10-28(20,4)25(23)14-24(22)18(2)15-29/h17,19-20,22-23,25-27H,6-16H2,1-5H3/t17-,19+,20+,22-,23-,25-,26+,27-,28-,29-/m0/s1. The van der Waals surface area contributed by atoms with Crippen LogP contribution in [0.2, 0.25) is 0 Å². The lowest BCUT2D eigenvalue weighted by Gasteiger charge is -2.52. The zero-order chi connectivity index (χ0) is 24.9. The van der Waals surface area contributed by atoms with E-state index in [1.54, 1.807) is 9.88 Å². The van der Waals surface area contributed by atoms with E-state index >= 15 is 0 Å². The number of ketones is 1. The summed E-state index contributed by atoms with van der Waals surface area (Å²) in [5.41, 5.74) is 3.32. The lowest BCUT2D eigenvalue weighted by molar-refractivity contribution is -0.129. The number of ether oxygens (including phenoxy) is 1. The van der Waals surface area contributed by atoms with E-state index in [0.717, 1.165) is 50.4 Å². The second-order valence-corrected chi connectivity index (χ2v) is 15.7. The fraction of sp³-hybridized carbons (Fsp3) is 0.897. The number of carbonyl (C=O) groups is 1. The molecule has 0 aromatic carbocycles. The molecule has 5 fully saturated rings. The molecule has 2 heterocycles. The molecule has 6 rings (SSSR count). The highest BCUT2D eigenvalue weighted by Gasteiger charge is 2.61. The van der Waals surface area contributed by atoms with Crippen LogP contribution in [-0.2, 0) is 19.6 Å². The Morgan fingerprint density at radius 2 is 1.86 bits per heavy atom. The van der Waals surface area contributed by atoms with Crippen molar-refractivity contribution in [3.63, 3.8) is 0 Å². The molecule has 196 valence electrons. The van der Waals surface area contributed by atoms with Gasteiger partial charge < -0.3 is 4.74 Å². The molecule has 6 aliphatic rings. The van der Waals surface area contributed by atoms with Crippen LogP contribution in [0.1, 0.15) is 91.9 Å². The molecule has 0 amide bonds. The van der Waals surface area contributed by atoms with Crippen molar-refractivity contribution in [2.24, 2.45) is 40.9 Å². The molecule has 2 aliphatic heterocycles. The molecule has 2 saturated heterocycles. The Morgan fingerprint density at radius 1 is 1.09 bits per heavy atom. The van der Waals surface area contributed by atoms with Crippen molar-refractivity contribution in [3.8, 4) is 0 Å². The van der Waals surface area contributed by atoms with Crippen molar-refractivity contribution in [2.45, 2.75) is 110 Å². The molecule has 6 heteroatoms. The van der Waals surface area contributed by atoms with Crippen molar-refractivity contribution < 1.29 is 17.9 Å². The third kappa shape index (κ3) is 3.66. The van der Waals surface area contributed by atoms with E-state index in [1.807, 2.05) is 0 Å². The van der Waals surface area contributed by atoms with Gasteiger partial charge in [-0.05, 0) is 93.3 Å². The summed E-state index contributed by atoms with van der Waals surface area (Å²) in [6, 6.07) is -0.0289. The van der Waals surface area contributed by atoms with Crippen LogP contribution in [0.15, 0.2) is 11.1 Å². The first-order chi connectivity index (χ1) is 16.4. The van der Waals surface area contributed by atoms with Gasteiger partial charge in [0.25, 0.3) is 0 Å². The predicted molar refractivity (Wildman–Crippen MR) is 137 cm³/mol. The second-order valence-electron chi connectivity index (χ2n) is 13.8. The maximum absolute atomic E-state index is 12.7. The number of hydrogen-bond donors (Lipinski definition) is 0. The van der Waals surface area contributed by atoms with Crippen molar-refractivity contribution in [2.75, 3.05) is 12.8 Å². The minimum atomic E-state index is -3.26. The van der Waals surface area contributed by atoms with Gasteiger partial charge in [-0.3, -0.25) is 4.79 Å². The number of carbonyl (C=O) groups excluding carboxylic acids is 1. The van der Waals surface area contributed by atoms with E-state index in [9.17, 15) is 13.2 Å². The van der Waals surface area contributed by atoms with Gasteiger partial charge in [0.15, 0.2) is 0 Å². The van der Waals surface area contributed by atoms with E-state index in [2.05, 4.69) is 27.7 Å². The highest BCUT2D eigenvalue weighted by Crippen LogP contribution is 2.65. The molecule has 0 aromatic heterocycles. The third-order valence-electron chi connectivity index (χ3n) is 12.0. The first-order valence-corrected chi connectivity index (χ1v) is 16.1. The maximum atomic E-state index is 12.7. The van der Waals surface area contributed by atoms with E-state index in [4.69, 9.17) is 4.74 Å². The molecule has 4 aliphatic carbocycles. The van der Waals surface area contributed by atoms with Crippen molar-refractivity contribution in [1.29, 1.82) is 0 Å². The van der Waals surface area contributed by atoms with E-state index in [0.29, 0.717) is 35.5 Å². The Kier molecular flexibility index (Phi) is 5.72. The highest BCUT2D eigenvalue weighted by molar-refractivity contribution is 7.88. The van der Waals surface area contributed by atoms with Crippen molar-refractivity contribution in [3.05, 3.63) is 11.1 Å². The molecule has 0 aromatic rings. The quantitative estimate of drug-likeness (QED) is 0.453. The molecular weight excluding hydrogens is 458 g/mol. The predicted octanol–water partition coefficient (Wildman–Crippen LogP) is 5.35. The average molecular weight is 504 g/mol. The van der Waals surface area contributed by atoms with Crippen LogP contribution in [0.25, 0.3) is 0 Å². The molecule has 35 heavy (non-hydrogen) atoms. The largest absolute Gasteiger partial charge is 0.369 e. The van der Waals surface area contributed by atoms with Gasteiger partial charge in [-0.15, -0.1) is 0 Å². The van der Waals surface area contributed by atoms with Gasteiger partial charge >= 0.3 is 0 Å². The van der Waals surface area contributed by atoms with Gasteiger partial charge in [-0.1, -0.05) is 31.9 Å². The highest BCUT2D eigenvalue weighted by atomic mass is 32.2. The summed E-state index contributed by atoms with van der Waals surface area (Å²) in [6.45, 7) is 9.92. The Balaban J connectivity index is 1.30. The molecule has 0 radical (unpaired) electrons. The van der Waals surface area contributed by atoms with Gasteiger partial charge in [-0.2, -0.15) is 4.31 Å². The van der Waals surface area contributed by atoms with Crippen molar-refractivity contribution >= 4 is 15.8 Å². The number of nitrogens with zero attached hydrogens (tertiary/aromatic N) is 1. The summed E-state index contributed by atoms with van der Waals surface area (Å²) in [7, 11) is -3.26. The zero-order valence-electron chi connectivity index (χ0n) is 22.4. The minimum Gasteiger partial charge on any atom is -0.369 e. The van der Waals surface area contributed by atoms with Crippen LogP contribution in [0, 0.1) is 40.9 Å². The normalized spacial score (nSPS) is 50.5. The monoisotopic (exact) mass is 503 g/mol. The van der Waals surface area contributed by atoms with Gasteiger partial charge in [0.2, 0.25) is 10.0 Å². The number of allylic oxidation sites excluding steroid dienone is 1. The number of piperidine rings is 1. The smallest absolute Gasteiger partial charge is 0.211 e. The van der Waals surface area contributed by atoms with Gasteiger partial charge in [0.1, 0.15) is 5.78 Å². The minimum absolute atomic E-state index is 0.0149. The molecule has 3 saturated carbocycles. The second kappa shape index (κ2) is 8.14. The van der Waals surface area contributed by atoms with Crippen LogP contribution >= 0.6 is 0 Å². The van der Waals surface area contributed by atoms with Crippen LogP contribution in [0.5, 0.6) is 0 Å². The molecule has 0 unspecified atom stereocenters. The number of Topliss-reactive ketones (excluding diaryl/α,β-unsaturated/α-hetero) is 1. The van der Waals surface area contributed by atoms with Crippen LogP contribution in [0.3, 0.4) is 0 Å². The van der Waals surface area contributed by atoms with E-state index < -0.39 is 10.0 Å². The summed E-state index contributed by atoms with van der Waals surface area (Å²) in [5, 5.41) is 0. The molecule has 5 nitrogen and oxygen atoms in total. The summed E-state index contributed by atoms with van der Waals surface area (Å²) in [4.78, 5) is 12.2. The SMILES string of the molecule is CC1=C2C[C@H]3[C@@H](CC[C@@H]4CC(=O)CC[C@@]43C)[C@@H]2CC[C@@]2(C1)O[C@@H]1C[C@H](C)CN(S(C)(=O)=O)[C@H]1[C@H]2C. The number of hydrogen-bond acceptors (Lipinski definition) is 4. The fourth-order valence-corrected chi connectivity index (χ4v) is 11.4. The van der Waals surface area contributed by atoms with Gasteiger partial charge in [-0.25, -0.2) is 8.42 Å². The first kappa shape index (κ1) is 24.6. The van der Waals surface area contributed by atoms with Crippen LogP contribution in [-0.4, -0.2) is 49.1 Å². The lowest BCUT2D eigenvalue weighted by atomic mass is 9.52. The number of rotatable bonds is 1. The fourth-order valence-electron chi connectivity index (χ4n) is 10.1. The van der Waals surface area contributed by atoms with Crippen LogP contribution < -0.4 is 0 Å². The Bertz CT molecular complexity index is 1050. The summed E-state index contributed by atoms with van der Waals surface area (Å²) in [6.07, 6.45) is 11.9. The summed E-state index contributed by atoms with van der Waals surface area (Å²) >= 11 is 0. The third-order valence-corrected chi connectivity index (χ3v) is 13.2. The Hall–Kier alpha value is -0.720. The number of sulfonamides is 1. The maximum Gasteiger partial charge on any atom is 0.211 e. The average Bonchev–Trinajstić information content (AvgIpc) is 3.23. The van der Waals surface area contributed by atoms with Crippen LogP contribution in [0.4, 0.5) is 0 Å². The van der Waals surface area contributed by atoms with Crippen molar-refractivity contribution in [1.82, 2.24) is 4.31 Å². The Labute approximate surface area is 212 Å². The van der Waals surface area contributed by atoms with E-state index in [-0.39, 0.29) is 23.7 Å². The molecule has 1 spiro atoms. The number of fused-ring (bicyclic) bond motifs is 6. The molecule has 0 N–H and O–H groups in total. The zero-order valence-corrected chi connectivity index (χ0v) is 23.2. The van der Waals surface area contributed by atoms with E-state index in [1.165, 1.54) is 37.5 Å². The molecule has 10 atom stereocenters.